The fourth-order valence-corrected chi connectivity index (χ4v) is 1.90. The van der Waals surface area contributed by atoms with Crippen LogP contribution in [0.4, 0.5) is 11.4 Å². The van der Waals surface area contributed by atoms with E-state index in [1.807, 2.05) is 41.9 Å². The van der Waals surface area contributed by atoms with Crippen molar-refractivity contribution in [1.82, 2.24) is 9.55 Å². The number of anilines is 2. The van der Waals surface area contributed by atoms with E-state index >= 15 is 0 Å². The van der Waals surface area contributed by atoms with E-state index in [2.05, 4.69) is 4.98 Å². The fourth-order valence-electron chi connectivity index (χ4n) is 1.72. The van der Waals surface area contributed by atoms with E-state index in [9.17, 15) is 0 Å². The zero-order valence-corrected chi connectivity index (χ0v) is 10.6. The number of nitrogen functional groups attached to an aromatic ring is 1. The molecule has 17 heavy (non-hydrogen) atoms. The van der Waals surface area contributed by atoms with Crippen molar-refractivity contribution in [1.29, 1.82) is 0 Å². The van der Waals surface area contributed by atoms with Gasteiger partial charge in [0.25, 0.3) is 0 Å². The van der Waals surface area contributed by atoms with Gasteiger partial charge in [-0.05, 0) is 18.2 Å². The lowest BCUT2D eigenvalue weighted by Gasteiger charge is -2.20. The van der Waals surface area contributed by atoms with Gasteiger partial charge in [-0.3, -0.25) is 0 Å². The third-order valence-electron chi connectivity index (χ3n) is 2.70. The summed E-state index contributed by atoms with van der Waals surface area (Å²) in [5, 5.41) is 0.650. The van der Waals surface area contributed by atoms with Crippen molar-refractivity contribution in [3.63, 3.8) is 0 Å². The van der Waals surface area contributed by atoms with Gasteiger partial charge in [0.05, 0.1) is 17.9 Å². The van der Waals surface area contributed by atoms with Crippen LogP contribution in [0.2, 0.25) is 5.02 Å². The average molecular weight is 251 g/mol. The van der Waals surface area contributed by atoms with Crippen LogP contribution in [-0.2, 0) is 13.6 Å². The van der Waals surface area contributed by atoms with Gasteiger partial charge in [0.2, 0.25) is 0 Å². The maximum Gasteiger partial charge on any atom is 0.127 e. The maximum absolute atomic E-state index is 5.94. The van der Waals surface area contributed by atoms with Crippen LogP contribution in [-0.4, -0.2) is 16.6 Å². The van der Waals surface area contributed by atoms with Gasteiger partial charge < -0.3 is 15.2 Å². The largest absolute Gasteiger partial charge is 0.397 e. The highest BCUT2D eigenvalue weighted by Gasteiger charge is 2.08. The van der Waals surface area contributed by atoms with Crippen molar-refractivity contribution in [3.05, 3.63) is 41.4 Å². The third-order valence-corrected chi connectivity index (χ3v) is 2.94. The molecule has 0 radical (unpaired) electrons. The molecule has 0 unspecified atom stereocenters. The smallest absolute Gasteiger partial charge is 0.127 e. The number of benzene rings is 1. The second kappa shape index (κ2) is 4.67. The van der Waals surface area contributed by atoms with Crippen molar-refractivity contribution < 1.29 is 0 Å². The van der Waals surface area contributed by atoms with Crippen LogP contribution in [0, 0.1) is 0 Å². The molecular weight excluding hydrogens is 236 g/mol. The van der Waals surface area contributed by atoms with Crippen LogP contribution in [0.15, 0.2) is 30.6 Å². The van der Waals surface area contributed by atoms with Gasteiger partial charge in [0.15, 0.2) is 0 Å². The molecule has 2 aromatic rings. The molecule has 2 N–H and O–H groups in total. The summed E-state index contributed by atoms with van der Waals surface area (Å²) in [6.07, 6.45) is 3.71. The second-order valence-electron chi connectivity index (χ2n) is 4.01. The summed E-state index contributed by atoms with van der Waals surface area (Å²) in [6.45, 7) is 0.704. The molecule has 0 fully saturated rings. The van der Waals surface area contributed by atoms with Gasteiger partial charge in [0, 0.05) is 31.5 Å². The quantitative estimate of drug-likeness (QED) is 0.851. The van der Waals surface area contributed by atoms with Crippen molar-refractivity contribution in [2.45, 2.75) is 6.54 Å². The van der Waals surface area contributed by atoms with Crippen LogP contribution in [0.5, 0.6) is 0 Å². The van der Waals surface area contributed by atoms with Gasteiger partial charge in [-0.25, -0.2) is 4.98 Å². The Hall–Kier alpha value is -1.68. The summed E-state index contributed by atoms with van der Waals surface area (Å²) in [4.78, 5) is 6.33. The lowest BCUT2D eigenvalue weighted by Crippen LogP contribution is -2.20. The molecule has 0 aliphatic carbocycles. The first-order valence-electron chi connectivity index (χ1n) is 5.30. The van der Waals surface area contributed by atoms with Crippen LogP contribution >= 0.6 is 11.6 Å². The van der Waals surface area contributed by atoms with Gasteiger partial charge in [-0.1, -0.05) is 11.6 Å². The van der Waals surface area contributed by atoms with Crippen molar-refractivity contribution in [2.24, 2.45) is 7.05 Å². The summed E-state index contributed by atoms with van der Waals surface area (Å²) < 4.78 is 1.99. The summed E-state index contributed by atoms with van der Waals surface area (Å²) in [7, 11) is 3.95. The normalized spacial score (nSPS) is 10.5. The van der Waals surface area contributed by atoms with Crippen LogP contribution < -0.4 is 10.6 Å². The van der Waals surface area contributed by atoms with Crippen molar-refractivity contribution >= 4 is 23.0 Å². The minimum Gasteiger partial charge on any atom is -0.397 e. The number of halogens is 1. The van der Waals surface area contributed by atoms with Crippen molar-refractivity contribution in [3.8, 4) is 0 Å². The number of rotatable bonds is 3. The van der Waals surface area contributed by atoms with Gasteiger partial charge in [-0.15, -0.1) is 0 Å². The maximum atomic E-state index is 5.94. The van der Waals surface area contributed by atoms with E-state index in [0.29, 0.717) is 17.3 Å². The highest BCUT2D eigenvalue weighted by atomic mass is 35.5. The minimum absolute atomic E-state index is 0.650. The molecule has 0 saturated carbocycles. The van der Waals surface area contributed by atoms with E-state index in [1.165, 1.54) is 0 Å². The highest BCUT2D eigenvalue weighted by molar-refractivity contribution is 6.31. The zero-order valence-electron chi connectivity index (χ0n) is 9.89. The lowest BCUT2D eigenvalue weighted by molar-refractivity contribution is 0.762. The molecule has 0 aliphatic rings. The summed E-state index contributed by atoms with van der Waals surface area (Å²) in [6, 6.07) is 5.51. The van der Waals surface area contributed by atoms with Gasteiger partial charge >= 0.3 is 0 Å². The standard InChI is InChI=1S/C12H15ClN4/c1-16-6-5-15-12(16)8-17(2)11-4-3-9(13)7-10(11)14/h3-7H,8,14H2,1-2H3. The molecule has 1 aromatic carbocycles. The molecule has 1 heterocycles. The lowest BCUT2D eigenvalue weighted by atomic mass is 10.2. The zero-order chi connectivity index (χ0) is 12.4. The molecule has 0 bridgehead atoms. The number of imidazole rings is 1. The van der Waals surface area contributed by atoms with Crippen molar-refractivity contribution in [2.75, 3.05) is 17.7 Å². The Balaban J connectivity index is 2.20. The average Bonchev–Trinajstić information content (AvgIpc) is 2.64. The Morgan fingerprint density at radius 2 is 2.24 bits per heavy atom. The first-order valence-corrected chi connectivity index (χ1v) is 5.68. The molecule has 0 aliphatic heterocycles. The molecule has 90 valence electrons. The number of hydrogen-bond donors (Lipinski definition) is 1. The minimum atomic E-state index is 0.650. The molecule has 2 rings (SSSR count). The topological polar surface area (TPSA) is 47.1 Å². The third kappa shape index (κ3) is 2.53. The fraction of sp³-hybridized carbons (Fsp3) is 0.250. The van der Waals surface area contributed by atoms with Crippen LogP contribution in [0.25, 0.3) is 0 Å². The second-order valence-corrected chi connectivity index (χ2v) is 4.45. The van der Waals surface area contributed by atoms with Crippen LogP contribution in [0.3, 0.4) is 0 Å². The Bertz CT molecular complexity index is 521. The van der Waals surface area contributed by atoms with E-state index < -0.39 is 0 Å². The molecule has 0 amide bonds. The summed E-state index contributed by atoms with van der Waals surface area (Å²) in [5.41, 5.74) is 7.57. The van der Waals surface area contributed by atoms with E-state index in [1.54, 1.807) is 12.3 Å². The highest BCUT2D eigenvalue weighted by Crippen LogP contribution is 2.26. The molecule has 0 atom stereocenters. The Kier molecular flexibility index (Phi) is 3.24. The molecular formula is C12H15ClN4. The summed E-state index contributed by atoms with van der Waals surface area (Å²) >= 11 is 5.87. The SMILES string of the molecule is CN(Cc1nccn1C)c1ccc(Cl)cc1N. The van der Waals surface area contributed by atoms with E-state index in [-0.39, 0.29) is 0 Å². The van der Waals surface area contributed by atoms with Crippen LogP contribution in [0.1, 0.15) is 5.82 Å². The number of aryl methyl sites for hydroxylation is 1. The first kappa shape index (κ1) is 11.8. The number of nitrogens with two attached hydrogens (primary N) is 1. The molecule has 0 saturated heterocycles. The monoisotopic (exact) mass is 250 g/mol. The molecule has 5 heteroatoms. The van der Waals surface area contributed by atoms with Gasteiger partial charge in [0.1, 0.15) is 5.82 Å². The first-order chi connectivity index (χ1) is 8.08. The molecule has 4 nitrogen and oxygen atoms in total. The Labute approximate surface area is 106 Å². The molecule has 0 spiro atoms. The van der Waals surface area contributed by atoms with Gasteiger partial charge in [-0.2, -0.15) is 0 Å². The Morgan fingerprint density at radius 1 is 1.47 bits per heavy atom. The molecule has 1 aromatic heterocycles. The number of nitrogens with zero attached hydrogens (tertiary/aromatic N) is 3. The summed E-state index contributed by atoms with van der Waals surface area (Å²) in [5.74, 6) is 0.988. The Morgan fingerprint density at radius 3 is 2.82 bits per heavy atom. The predicted molar refractivity (Wildman–Crippen MR) is 71.2 cm³/mol. The number of aromatic nitrogens is 2. The number of hydrogen-bond acceptors (Lipinski definition) is 3. The van der Waals surface area contributed by atoms with E-state index in [4.69, 9.17) is 17.3 Å². The predicted octanol–water partition coefficient (Wildman–Crippen LogP) is 2.29. The van der Waals surface area contributed by atoms with E-state index in [0.717, 1.165) is 11.5 Å².